The molecule has 2 atom stereocenters. The van der Waals surface area contributed by atoms with Crippen LogP contribution in [0.25, 0.3) is 0 Å². The molecule has 0 saturated heterocycles. The van der Waals surface area contributed by atoms with Crippen molar-refractivity contribution < 1.29 is 9.52 Å². The zero-order valence-electron chi connectivity index (χ0n) is 5.96. The third-order valence-corrected chi connectivity index (χ3v) is 2.79. The normalized spacial score (nSPS) is 28.9. The lowest BCUT2D eigenvalue weighted by Gasteiger charge is -1.92. The van der Waals surface area contributed by atoms with Gasteiger partial charge in [-0.05, 0) is 34.3 Å². The van der Waals surface area contributed by atoms with Crippen LogP contribution >= 0.6 is 15.9 Å². The lowest BCUT2D eigenvalue weighted by atomic mass is 10.2. The Bertz CT molecular complexity index is 256. The Morgan fingerprint density at radius 3 is 3.00 bits per heavy atom. The van der Waals surface area contributed by atoms with E-state index in [1.807, 2.05) is 6.07 Å². The molecular formula is C8H9BrO2. The van der Waals surface area contributed by atoms with E-state index in [9.17, 15) is 0 Å². The molecule has 1 fully saturated rings. The van der Waals surface area contributed by atoms with E-state index >= 15 is 0 Å². The van der Waals surface area contributed by atoms with Crippen LogP contribution < -0.4 is 0 Å². The van der Waals surface area contributed by atoms with Crippen molar-refractivity contribution in [2.45, 2.75) is 12.3 Å². The summed E-state index contributed by atoms with van der Waals surface area (Å²) in [7, 11) is 0. The predicted octanol–water partition coefficient (Wildman–Crippen LogP) is 2.14. The number of hydrogen-bond acceptors (Lipinski definition) is 2. The van der Waals surface area contributed by atoms with E-state index in [0.717, 1.165) is 16.7 Å². The largest absolute Gasteiger partial charge is 0.468 e. The molecule has 11 heavy (non-hydrogen) atoms. The van der Waals surface area contributed by atoms with Gasteiger partial charge in [0.2, 0.25) is 0 Å². The van der Waals surface area contributed by atoms with Crippen molar-refractivity contribution in [3.05, 3.63) is 22.6 Å². The molecule has 1 aliphatic carbocycles. The Morgan fingerprint density at radius 1 is 1.73 bits per heavy atom. The summed E-state index contributed by atoms with van der Waals surface area (Å²) in [4.78, 5) is 0. The molecule has 0 amide bonds. The minimum atomic E-state index is 0.276. The summed E-state index contributed by atoms with van der Waals surface area (Å²) in [5.41, 5.74) is 0. The monoisotopic (exact) mass is 216 g/mol. The summed E-state index contributed by atoms with van der Waals surface area (Å²) in [5, 5.41) is 8.81. The average molecular weight is 217 g/mol. The minimum absolute atomic E-state index is 0.276. The highest BCUT2D eigenvalue weighted by atomic mass is 79.9. The van der Waals surface area contributed by atoms with Crippen LogP contribution in [0.4, 0.5) is 0 Å². The summed E-state index contributed by atoms with van der Waals surface area (Å²) >= 11 is 3.39. The Kier molecular flexibility index (Phi) is 1.77. The van der Waals surface area contributed by atoms with Gasteiger partial charge in [0.15, 0.2) is 0 Å². The van der Waals surface area contributed by atoms with Gasteiger partial charge in [0.05, 0.1) is 10.7 Å². The van der Waals surface area contributed by atoms with Crippen LogP contribution in [-0.2, 0) is 0 Å². The standard InChI is InChI=1S/C8H9BrO2/c9-7-1-2-11-8(7)6-3-5(6)4-10/h1-2,5-6,10H,3-4H2. The number of halogens is 1. The fraction of sp³-hybridized carbons (Fsp3) is 0.500. The molecule has 1 heterocycles. The molecule has 1 N–H and O–H groups in total. The smallest absolute Gasteiger partial charge is 0.121 e. The van der Waals surface area contributed by atoms with Crippen molar-refractivity contribution >= 4 is 15.9 Å². The maximum atomic E-state index is 8.81. The van der Waals surface area contributed by atoms with Gasteiger partial charge in [-0.3, -0.25) is 0 Å². The molecule has 60 valence electrons. The molecule has 3 heteroatoms. The van der Waals surface area contributed by atoms with Crippen molar-refractivity contribution in [1.82, 2.24) is 0 Å². The number of aliphatic hydroxyl groups excluding tert-OH is 1. The second-order valence-corrected chi connectivity index (χ2v) is 3.77. The highest BCUT2D eigenvalue weighted by Crippen LogP contribution is 2.49. The van der Waals surface area contributed by atoms with E-state index in [-0.39, 0.29) is 6.61 Å². The number of furan rings is 1. The first-order valence-electron chi connectivity index (χ1n) is 3.66. The van der Waals surface area contributed by atoms with Crippen molar-refractivity contribution in [1.29, 1.82) is 0 Å². The van der Waals surface area contributed by atoms with Gasteiger partial charge < -0.3 is 9.52 Å². The lowest BCUT2D eigenvalue weighted by molar-refractivity contribution is 0.271. The molecule has 0 bridgehead atoms. The Morgan fingerprint density at radius 2 is 2.55 bits per heavy atom. The van der Waals surface area contributed by atoms with E-state index in [0.29, 0.717) is 11.8 Å². The fourth-order valence-electron chi connectivity index (χ4n) is 1.34. The molecule has 0 aromatic carbocycles. The van der Waals surface area contributed by atoms with Crippen molar-refractivity contribution in [3.63, 3.8) is 0 Å². The molecule has 0 aliphatic heterocycles. The molecule has 1 saturated carbocycles. The highest BCUT2D eigenvalue weighted by Gasteiger charge is 2.40. The maximum absolute atomic E-state index is 8.81. The summed E-state index contributed by atoms with van der Waals surface area (Å²) < 4.78 is 6.29. The zero-order chi connectivity index (χ0) is 7.84. The quantitative estimate of drug-likeness (QED) is 0.823. The summed E-state index contributed by atoms with van der Waals surface area (Å²) in [6.45, 7) is 0.276. The average Bonchev–Trinajstić information content (AvgIpc) is 2.68. The maximum Gasteiger partial charge on any atom is 0.121 e. The number of rotatable bonds is 2. The van der Waals surface area contributed by atoms with Gasteiger partial charge in [-0.25, -0.2) is 0 Å². The van der Waals surface area contributed by atoms with E-state index in [1.54, 1.807) is 6.26 Å². The number of aliphatic hydroxyl groups is 1. The topological polar surface area (TPSA) is 33.4 Å². The molecule has 1 aromatic rings. The Labute approximate surface area is 73.3 Å². The van der Waals surface area contributed by atoms with Gasteiger partial charge >= 0.3 is 0 Å². The summed E-state index contributed by atoms with van der Waals surface area (Å²) in [6, 6.07) is 1.89. The Balaban J connectivity index is 2.14. The molecular weight excluding hydrogens is 208 g/mol. The molecule has 2 unspecified atom stereocenters. The van der Waals surface area contributed by atoms with Crippen LogP contribution in [0.3, 0.4) is 0 Å². The molecule has 1 aliphatic rings. The highest BCUT2D eigenvalue weighted by molar-refractivity contribution is 9.10. The van der Waals surface area contributed by atoms with E-state index in [2.05, 4.69) is 15.9 Å². The molecule has 0 spiro atoms. The van der Waals surface area contributed by atoms with Crippen LogP contribution in [0, 0.1) is 5.92 Å². The van der Waals surface area contributed by atoms with Crippen LogP contribution in [-0.4, -0.2) is 11.7 Å². The third kappa shape index (κ3) is 1.23. The molecule has 0 radical (unpaired) electrons. The van der Waals surface area contributed by atoms with Crippen molar-refractivity contribution in [3.8, 4) is 0 Å². The zero-order valence-corrected chi connectivity index (χ0v) is 7.54. The molecule has 2 nitrogen and oxygen atoms in total. The predicted molar refractivity (Wildman–Crippen MR) is 44.3 cm³/mol. The lowest BCUT2D eigenvalue weighted by Crippen LogP contribution is -1.87. The Hall–Kier alpha value is -0.280. The van der Waals surface area contributed by atoms with Crippen LogP contribution in [0.15, 0.2) is 21.2 Å². The van der Waals surface area contributed by atoms with Gasteiger partial charge in [0.25, 0.3) is 0 Å². The van der Waals surface area contributed by atoms with Gasteiger partial charge in [0, 0.05) is 12.5 Å². The van der Waals surface area contributed by atoms with Crippen LogP contribution in [0.1, 0.15) is 18.1 Å². The molecule has 2 rings (SSSR count). The van der Waals surface area contributed by atoms with Crippen LogP contribution in [0.5, 0.6) is 0 Å². The fourth-order valence-corrected chi connectivity index (χ4v) is 1.84. The summed E-state index contributed by atoms with van der Waals surface area (Å²) in [5.74, 6) is 1.87. The van der Waals surface area contributed by atoms with Gasteiger partial charge in [-0.1, -0.05) is 0 Å². The second kappa shape index (κ2) is 2.64. The number of hydrogen-bond donors (Lipinski definition) is 1. The van der Waals surface area contributed by atoms with Gasteiger partial charge in [-0.15, -0.1) is 0 Å². The third-order valence-electron chi connectivity index (χ3n) is 2.14. The van der Waals surface area contributed by atoms with Crippen LogP contribution in [0.2, 0.25) is 0 Å². The first-order valence-corrected chi connectivity index (χ1v) is 4.46. The second-order valence-electron chi connectivity index (χ2n) is 2.92. The van der Waals surface area contributed by atoms with E-state index < -0.39 is 0 Å². The van der Waals surface area contributed by atoms with E-state index in [4.69, 9.17) is 9.52 Å². The SMILES string of the molecule is OCC1CC1c1occc1Br. The van der Waals surface area contributed by atoms with Crippen molar-refractivity contribution in [2.75, 3.05) is 6.61 Å². The van der Waals surface area contributed by atoms with Gasteiger partial charge in [0.1, 0.15) is 5.76 Å². The summed E-state index contributed by atoms with van der Waals surface area (Å²) in [6.07, 6.45) is 2.73. The first kappa shape index (κ1) is 7.37. The minimum Gasteiger partial charge on any atom is -0.468 e. The first-order chi connectivity index (χ1) is 5.33. The van der Waals surface area contributed by atoms with Crippen molar-refractivity contribution in [2.24, 2.45) is 5.92 Å². The van der Waals surface area contributed by atoms with E-state index in [1.165, 1.54) is 0 Å². The van der Waals surface area contributed by atoms with Gasteiger partial charge in [-0.2, -0.15) is 0 Å². The molecule has 1 aromatic heterocycles.